The van der Waals surface area contributed by atoms with Crippen molar-refractivity contribution in [3.8, 4) is 0 Å². The van der Waals surface area contributed by atoms with Crippen molar-refractivity contribution < 1.29 is 13.2 Å². The van der Waals surface area contributed by atoms with Gasteiger partial charge >= 0.3 is 6.18 Å². The van der Waals surface area contributed by atoms with Crippen LogP contribution in [0.1, 0.15) is 38.8 Å². The lowest BCUT2D eigenvalue weighted by Gasteiger charge is -2.21. The Morgan fingerprint density at radius 1 is 1.28 bits per heavy atom. The molecule has 0 fully saturated rings. The third-order valence-corrected chi connectivity index (χ3v) is 2.97. The van der Waals surface area contributed by atoms with E-state index in [-0.39, 0.29) is 5.41 Å². The second-order valence-electron chi connectivity index (χ2n) is 5.29. The number of hydrogen-bond acceptors (Lipinski definition) is 2. The van der Waals surface area contributed by atoms with Crippen LogP contribution in [-0.2, 0) is 12.7 Å². The maximum atomic E-state index is 12.3. The first-order valence-electron chi connectivity index (χ1n) is 6.05. The minimum atomic E-state index is -4.35. The molecule has 1 aromatic heterocycles. The van der Waals surface area contributed by atoms with Crippen LogP contribution in [0.4, 0.5) is 13.2 Å². The van der Waals surface area contributed by atoms with Gasteiger partial charge in [0.15, 0.2) is 5.69 Å². The van der Waals surface area contributed by atoms with Crippen molar-refractivity contribution in [2.24, 2.45) is 11.1 Å². The monoisotopic (exact) mass is 263 g/mol. The molecule has 0 unspecified atom stereocenters. The topological polar surface area (TPSA) is 43.8 Å². The van der Waals surface area contributed by atoms with E-state index in [9.17, 15) is 13.2 Å². The van der Waals surface area contributed by atoms with Crippen LogP contribution in [0.15, 0.2) is 12.3 Å². The molecule has 0 saturated heterocycles. The Morgan fingerprint density at radius 2 is 1.94 bits per heavy atom. The van der Waals surface area contributed by atoms with Crippen LogP contribution in [0.25, 0.3) is 0 Å². The lowest BCUT2D eigenvalue weighted by atomic mass is 9.87. The fraction of sp³-hybridized carbons (Fsp3) is 0.750. The zero-order valence-corrected chi connectivity index (χ0v) is 10.8. The SMILES string of the molecule is CC(C)(CN)CCCCn1ccc(C(F)(F)F)n1. The summed E-state index contributed by atoms with van der Waals surface area (Å²) in [5.74, 6) is 0. The predicted molar refractivity (Wildman–Crippen MR) is 63.9 cm³/mol. The molecule has 104 valence electrons. The quantitative estimate of drug-likeness (QED) is 0.802. The summed E-state index contributed by atoms with van der Waals surface area (Å²) in [4.78, 5) is 0. The number of rotatable bonds is 6. The molecule has 2 N–H and O–H groups in total. The first-order valence-corrected chi connectivity index (χ1v) is 6.05. The Hall–Kier alpha value is -1.04. The van der Waals surface area contributed by atoms with Crippen LogP contribution in [0, 0.1) is 5.41 Å². The molecule has 1 aromatic rings. The molecule has 0 aliphatic heterocycles. The van der Waals surface area contributed by atoms with Crippen molar-refractivity contribution in [1.29, 1.82) is 0 Å². The average molecular weight is 263 g/mol. The van der Waals surface area contributed by atoms with E-state index in [2.05, 4.69) is 18.9 Å². The Balaban J connectivity index is 2.35. The number of hydrogen-bond donors (Lipinski definition) is 1. The molecule has 0 spiro atoms. The van der Waals surface area contributed by atoms with Crippen molar-refractivity contribution in [1.82, 2.24) is 9.78 Å². The highest BCUT2D eigenvalue weighted by atomic mass is 19.4. The van der Waals surface area contributed by atoms with E-state index in [0.717, 1.165) is 25.3 Å². The smallest absolute Gasteiger partial charge is 0.330 e. The van der Waals surface area contributed by atoms with Crippen LogP contribution < -0.4 is 5.73 Å². The van der Waals surface area contributed by atoms with Crippen LogP contribution in [0.2, 0.25) is 0 Å². The number of aryl methyl sites for hydroxylation is 1. The molecule has 1 rings (SSSR count). The molecule has 0 saturated carbocycles. The van der Waals surface area contributed by atoms with E-state index >= 15 is 0 Å². The van der Waals surface area contributed by atoms with E-state index in [1.807, 2.05) is 0 Å². The highest BCUT2D eigenvalue weighted by Crippen LogP contribution is 2.27. The Bertz CT molecular complexity index is 369. The minimum Gasteiger partial charge on any atom is -0.330 e. The van der Waals surface area contributed by atoms with E-state index in [4.69, 9.17) is 5.73 Å². The fourth-order valence-corrected chi connectivity index (χ4v) is 1.62. The summed E-state index contributed by atoms with van der Waals surface area (Å²) in [5, 5.41) is 3.50. The van der Waals surface area contributed by atoms with Crippen molar-refractivity contribution in [2.75, 3.05) is 6.54 Å². The van der Waals surface area contributed by atoms with Gasteiger partial charge in [0, 0.05) is 12.7 Å². The van der Waals surface area contributed by atoms with Crippen molar-refractivity contribution >= 4 is 0 Å². The summed E-state index contributed by atoms with van der Waals surface area (Å²) in [7, 11) is 0. The summed E-state index contributed by atoms with van der Waals surface area (Å²) in [6.07, 6.45) is -0.269. The molecule has 0 aliphatic carbocycles. The normalized spacial score (nSPS) is 13.0. The molecule has 0 amide bonds. The molecule has 1 heterocycles. The van der Waals surface area contributed by atoms with E-state index in [1.165, 1.54) is 10.9 Å². The van der Waals surface area contributed by atoms with Gasteiger partial charge in [-0.2, -0.15) is 18.3 Å². The molecule has 0 atom stereocenters. The summed E-state index contributed by atoms with van der Waals surface area (Å²) in [6, 6.07) is 1.00. The van der Waals surface area contributed by atoms with Gasteiger partial charge in [-0.05, 0) is 30.9 Å². The first kappa shape index (κ1) is 15.0. The second kappa shape index (κ2) is 5.73. The van der Waals surface area contributed by atoms with Gasteiger partial charge < -0.3 is 5.73 Å². The number of halogens is 3. The molecule has 0 aromatic carbocycles. The van der Waals surface area contributed by atoms with Gasteiger partial charge in [-0.1, -0.05) is 20.3 Å². The molecular weight excluding hydrogens is 243 g/mol. The Kier molecular flexibility index (Phi) is 4.78. The third-order valence-electron chi connectivity index (χ3n) is 2.97. The summed E-state index contributed by atoms with van der Waals surface area (Å²) < 4.78 is 38.3. The summed E-state index contributed by atoms with van der Waals surface area (Å²) >= 11 is 0. The highest BCUT2D eigenvalue weighted by Gasteiger charge is 2.33. The molecule has 18 heavy (non-hydrogen) atoms. The van der Waals surface area contributed by atoms with Crippen LogP contribution in [-0.4, -0.2) is 16.3 Å². The number of aromatic nitrogens is 2. The number of unbranched alkanes of at least 4 members (excludes halogenated alkanes) is 1. The lowest BCUT2D eigenvalue weighted by Crippen LogP contribution is -2.23. The molecule has 0 aliphatic rings. The number of alkyl halides is 3. The van der Waals surface area contributed by atoms with E-state index in [0.29, 0.717) is 13.1 Å². The van der Waals surface area contributed by atoms with E-state index in [1.54, 1.807) is 0 Å². The van der Waals surface area contributed by atoms with Gasteiger partial charge in [0.25, 0.3) is 0 Å². The molecule has 0 radical (unpaired) electrons. The van der Waals surface area contributed by atoms with Crippen LogP contribution in [0.5, 0.6) is 0 Å². The first-order chi connectivity index (χ1) is 8.24. The minimum absolute atomic E-state index is 0.0985. The van der Waals surface area contributed by atoms with Gasteiger partial charge in [-0.25, -0.2) is 0 Å². The van der Waals surface area contributed by atoms with Gasteiger partial charge in [-0.3, -0.25) is 4.68 Å². The zero-order valence-electron chi connectivity index (χ0n) is 10.8. The maximum absolute atomic E-state index is 12.3. The van der Waals surface area contributed by atoms with Gasteiger partial charge in [0.1, 0.15) is 0 Å². The Morgan fingerprint density at radius 3 is 2.44 bits per heavy atom. The average Bonchev–Trinajstić information content (AvgIpc) is 2.73. The van der Waals surface area contributed by atoms with Crippen molar-refractivity contribution in [3.63, 3.8) is 0 Å². The Labute approximate surface area is 105 Å². The summed E-state index contributed by atoms with van der Waals surface area (Å²) in [6.45, 7) is 5.30. The largest absolute Gasteiger partial charge is 0.435 e. The van der Waals surface area contributed by atoms with Gasteiger partial charge in [0.2, 0.25) is 0 Å². The zero-order chi connectivity index (χ0) is 13.8. The molecule has 0 bridgehead atoms. The standard InChI is InChI=1S/C12H20F3N3/c1-11(2,9-16)6-3-4-7-18-8-5-10(17-18)12(13,14)15/h5,8H,3-4,6-7,9,16H2,1-2H3. The maximum Gasteiger partial charge on any atom is 0.435 e. The van der Waals surface area contributed by atoms with E-state index < -0.39 is 11.9 Å². The predicted octanol–water partition coefficient (Wildman–Crippen LogP) is 3.06. The van der Waals surface area contributed by atoms with Crippen molar-refractivity contribution in [3.05, 3.63) is 18.0 Å². The molecule has 6 heteroatoms. The lowest BCUT2D eigenvalue weighted by molar-refractivity contribution is -0.141. The highest BCUT2D eigenvalue weighted by molar-refractivity contribution is 5.03. The fourth-order valence-electron chi connectivity index (χ4n) is 1.62. The number of nitrogens with two attached hydrogens (primary N) is 1. The van der Waals surface area contributed by atoms with Crippen LogP contribution in [0.3, 0.4) is 0 Å². The van der Waals surface area contributed by atoms with Crippen molar-refractivity contribution in [2.45, 2.75) is 45.8 Å². The van der Waals surface area contributed by atoms with Gasteiger partial charge in [0.05, 0.1) is 0 Å². The second-order valence-corrected chi connectivity index (χ2v) is 5.29. The summed E-state index contributed by atoms with van der Waals surface area (Å²) in [5.41, 5.74) is 4.88. The van der Waals surface area contributed by atoms with Gasteiger partial charge in [-0.15, -0.1) is 0 Å². The molecule has 3 nitrogen and oxygen atoms in total. The third kappa shape index (κ3) is 4.68. The number of nitrogens with zero attached hydrogens (tertiary/aromatic N) is 2. The van der Waals surface area contributed by atoms with Crippen LogP contribution >= 0.6 is 0 Å². The molecular formula is C12H20F3N3.